The van der Waals surface area contributed by atoms with Gasteiger partial charge in [-0.3, -0.25) is 0 Å². The number of rotatable bonds is 3. The molecule has 5 heteroatoms. The smallest absolute Gasteiger partial charge is 0.336 e. The van der Waals surface area contributed by atoms with Gasteiger partial charge < -0.3 is 15.7 Å². The van der Waals surface area contributed by atoms with E-state index in [0.29, 0.717) is 16.8 Å². The summed E-state index contributed by atoms with van der Waals surface area (Å²) in [6.07, 6.45) is 2.07. The fourth-order valence-electron chi connectivity index (χ4n) is 3.69. The highest BCUT2D eigenvalue weighted by Crippen LogP contribution is 2.38. The number of hydrogen-bond acceptors (Lipinski definition) is 3. The van der Waals surface area contributed by atoms with Crippen molar-refractivity contribution in [2.45, 2.75) is 12.8 Å². The standard InChI is InChI=1S/C22H19FN2O2/c23-16-8-9-17(22(26)27)18(13-16)15-7-10-21(19(24)12-15)25-11-3-5-14-4-1-2-6-20(14)25/h1-2,4,6-10,12-13H,3,5,11,24H2,(H,26,27). The average Bonchev–Trinajstić information content (AvgIpc) is 2.67. The number of fused-ring (bicyclic) bond motifs is 1. The maximum absolute atomic E-state index is 13.7. The second kappa shape index (κ2) is 6.76. The van der Waals surface area contributed by atoms with Crippen LogP contribution in [0.5, 0.6) is 0 Å². The van der Waals surface area contributed by atoms with Crippen molar-refractivity contribution in [2.24, 2.45) is 0 Å². The molecule has 1 aliphatic heterocycles. The monoisotopic (exact) mass is 362 g/mol. The number of carboxylic acids is 1. The molecule has 0 aliphatic carbocycles. The van der Waals surface area contributed by atoms with Crippen LogP contribution in [0.4, 0.5) is 21.5 Å². The predicted octanol–water partition coefficient (Wildman–Crippen LogP) is 4.86. The van der Waals surface area contributed by atoms with Crippen LogP contribution in [0.2, 0.25) is 0 Å². The number of hydrogen-bond donors (Lipinski definition) is 2. The Morgan fingerprint density at radius 2 is 1.85 bits per heavy atom. The van der Waals surface area contributed by atoms with E-state index in [0.717, 1.165) is 36.8 Å². The van der Waals surface area contributed by atoms with Crippen LogP contribution in [0.15, 0.2) is 60.7 Å². The SMILES string of the molecule is Nc1cc(-c2cc(F)ccc2C(=O)O)ccc1N1CCCc2ccccc21. The summed E-state index contributed by atoms with van der Waals surface area (Å²) < 4.78 is 13.7. The molecule has 0 fully saturated rings. The highest BCUT2D eigenvalue weighted by Gasteiger charge is 2.20. The number of carboxylic acid groups (broad SMARTS) is 1. The van der Waals surface area contributed by atoms with E-state index in [1.165, 1.54) is 17.7 Å². The lowest BCUT2D eigenvalue weighted by Crippen LogP contribution is -2.25. The van der Waals surface area contributed by atoms with Gasteiger partial charge in [0.1, 0.15) is 5.82 Å². The van der Waals surface area contributed by atoms with Gasteiger partial charge in [0, 0.05) is 12.2 Å². The Labute approximate surface area is 156 Å². The Balaban J connectivity index is 1.78. The van der Waals surface area contributed by atoms with Gasteiger partial charge in [0.05, 0.1) is 16.9 Å². The molecule has 0 saturated heterocycles. The van der Waals surface area contributed by atoms with E-state index < -0.39 is 11.8 Å². The van der Waals surface area contributed by atoms with Crippen molar-refractivity contribution in [3.63, 3.8) is 0 Å². The molecule has 0 unspecified atom stereocenters. The van der Waals surface area contributed by atoms with Crippen molar-refractivity contribution in [2.75, 3.05) is 17.2 Å². The molecular weight excluding hydrogens is 343 g/mol. The molecule has 0 radical (unpaired) electrons. The zero-order valence-electron chi connectivity index (χ0n) is 14.7. The first-order valence-corrected chi connectivity index (χ1v) is 8.83. The van der Waals surface area contributed by atoms with Crippen molar-refractivity contribution in [1.82, 2.24) is 0 Å². The number of halogens is 1. The number of para-hydroxylation sites is 1. The first-order chi connectivity index (χ1) is 13.0. The maximum atomic E-state index is 13.7. The summed E-state index contributed by atoms with van der Waals surface area (Å²) in [6.45, 7) is 0.862. The summed E-state index contributed by atoms with van der Waals surface area (Å²) in [6, 6.07) is 17.3. The van der Waals surface area contributed by atoms with Crippen LogP contribution < -0.4 is 10.6 Å². The van der Waals surface area contributed by atoms with Gasteiger partial charge >= 0.3 is 5.97 Å². The molecule has 1 heterocycles. The first kappa shape index (κ1) is 17.1. The van der Waals surface area contributed by atoms with Crippen molar-refractivity contribution in [3.05, 3.63) is 77.6 Å². The average molecular weight is 362 g/mol. The van der Waals surface area contributed by atoms with E-state index in [9.17, 15) is 14.3 Å². The van der Waals surface area contributed by atoms with E-state index in [2.05, 4.69) is 17.0 Å². The molecule has 136 valence electrons. The highest BCUT2D eigenvalue weighted by molar-refractivity contribution is 5.97. The molecule has 0 amide bonds. The van der Waals surface area contributed by atoms with Gasteiger partial charge in [-0.1, -0.05) is 24.3 Å². The molecule has 0 atom stereocenters. The summed E-state index contributed by atoms with van der Waals surface area (Å²) in [5, 5.41) is 9.39. The molecule has 0 bridgehead atoms. The molecule has 0 aromatic heterocycles. The molecule has 3 aromatic carbocycles. The Hall–Kier alpha value is -3.34. The third-order valence-electron chi connectivity index (χ3n) is 4.95. The highest BCUT2D eigenvalue weighted by atomic mass is 19.1. The van der Waals surface area contributed by atoms with E-state index in [-0.39, 0.29) is 5.56 Å². The van der Waals surface area contributed by atoms with E-state index >= 15 is 0 Å². The molecule has 3 aromatic rings. The second-order valence-corrected chi connectivity index (χ2v) is 6.65. The van der Waals surface area contributed by atoms with Crippen LogP contribution in [0.1, 0.15) is 22.3 Å². The largest absolute Gasteiger partial charge is 0.478 e. The quantitative estimate of drug-likeness (QED) is 0.653. The molecule has 4 rings (SSSR count). The van der Waals surface area contributed by atoms with Crippen LogP contribution >= 0.6 is 0 Å². The van der Waals surface area contributed by atoms with Gasteiger partial charge in [0.2, 0.25) is 0 Å². The summed E-state index contributed by atoms with van der Waals surface area (Å²) >= 11 is 0. The van der Waals surface area contributed by atoms with E-state index in [1.54, 1.807) is 12.1 Å². The Bertz CT molecular complexity index is 1030. The van der Waals surface area contributed by atoms with Crippen LogP contribution in [-0.4, -0.2) is 17.6 Å². The van der Waals surface area contributed by atoms with Crippen molar-refractivity contribution < 1.29 is 14.3 Å². The molecule has 0 spiro atoms. The second-order valence-electron chi connectivity index (χ2n) is 6.65. The topological polar surface area (TPSA) is 66.6 Å². The predicted molar refractivity (Wildman–Crippen MR) is 105 cm³/mol. The van der Waals surface area contributed by atoms with Crippen molar-refractivity contribution >= 4 is 23.0 Å². The lowest BCUT2D eigenvalue weighted by atomic mass is 9.97. The number of aryl methyl sites for hydroxylation is 1. The van der Waals surface area contributed by atoms with E-state index in [1.807, 2.05) is 18.2 Å². The summed E-state index contributed by atoms with van der Waals surface area (Å²) in [5.74, 6) is -1.58. The van der Waals surface area contributed by atoms with Gasteiger partial charge in [0.25, 0.3) is 0 Å². The normalized spacial score (nSPS) is 13.3. The number of nitrogen functional groups attached to an aromatic ring is 1. The minimum atomic E-state index is -1.10. The van der Waals surface area contributed by atoms with Crippen LogP contribution in [0, 0.1) is 5.82 Å². The number of nitrogens with zero attached hydrogens (tertiary/aromatic N) is 1. The molecular formula is C22H19FN2O2. The minimum absolute atomic E-state index is 0.0480. The maximum Gasteiger partial charge on any atom is 0.336 e. The van der Waals surface area contributed by atoms with Gasteiger partial charge in [-0.15, -0.1) is 0 Å². The third kappa shape index (κ3) is 3.12. The number of benzene rings is 3. The third-order valence-corrected chi connectivity index (χ3v) is 4.95. The lowest BCUT2D eigenvalue weighted by molar-refractivity contribution is 0.0697. The van der Waals surface area contributed by atoms with Crippen molar-refractivity contribution in [1.29, 1.82) is 0 Å². The van der Waals surface area contributed by atoms with Crippen LogP contribution in [0.25, 0.3) is 11.1 Å². The van der Waals surface area contributed by atoms with Gasteiger partial charge in [-0.05, 0) is 65.9 Å². The summed E-state index contributed by atoms with van der Waals surface area (Å²) in [5.41, 5.74) is 11.1. The van der Waals surface area contributed by atoms with Crippen molar-refractivity contribution in [3.8, 4) is 11.1 Å². The minimum Gasteiger partial charge on any atom is -0.478 e. The van der Waals surface area contributed by atoms with Gasteiger partial charge in [-0.25, -0.2) is 9.18 Å². The number of aromatic carboxylic acids is 1. The number of nitrogens with two attached hydrogens (primary N) is 1. The van der Waals surface area contributed by atoms with E-state index in [4.69, 9.17) is 5.73 Å². The number of carbonyl (C=O) groups is 1. The molecule has 4 nitrogen and oxygen atoms in total. The Morgan fingerprint density at radius 3 is 2.63 bits per heavy atom. The first-order valence-electron chi connectivity index (χ1n) is 8.83. The molecule has 3 N–H and O–H groups in total. The van der Waals surface area contributed by atoms with Gasteiger partial charge in [-0.2, -0.15) is 0 Å². The van der Waals surface area contributed by atoms with Crippen LogP contribution in [-0.2, 0) is 6.42 Å². The summed E-state index contributed by atoms with van der Waals surface area (Å²) in [4.78, 5) is 13.7. The fraction of sp³-hybridized carbons (Fsp3) is 0.136. The van der Waals surface area contributed by atoms with Crippen LogP contribution in [0.3, 0.4) is 0 Å². The lowest BCUT2D eigenvalue weighted by Gasteiger charge is -2.32. The zero-order chi connectivity index (χ0) is 19.0. The fourth-order valence-corrected chi connectivity index (χ4v) is 3.69. The summed E-state index contributed by atoms with van der Waals surface area (Å²) in [7, 11) is 0. The molecule has 27 heavy (non-hydrogen) atoms. The Morgan fingerprint density at radius 1 is 1.04 bits per heavy atom. The Kier molecular flexibility index (Phi) is 4.28. The number of anilines is 3. The molecule has 0 saturated carbocycles. The zero-order valence-corrected chi connectivity index (χ0v) is 14.7. The molecule has 1 aliphatic rings. The van der Waals surface area contributed by atoms with Gasteiger partial charge in [0.15, 0.2) is 0 Å².